The van der Waals surface area contributed by atoms with Crippen LogP contribution in [-0.4, -0.2) is 31.5 Å². The van der Waals surface area contributed by atoms with Gasteiger partial charge in [0.2, 0.25) is 0 Å². The van der Waals surface area contributed by atoms with Crippen molar-refractivity contribution in [1.29, 1.82) is 0 Å². The van der Waals surface area contributed by atoms with Crippen molar-refractivity contribution in [2.24, 2.45) is 23.2 Å². The summed E-state index contributed by atoms with van der Waals surface area (Å²) < 4.78 is 20.2. The van der Waals surface area contributed by atoms with E-state index in [1.54, 1.807) is 12.1 Å². The second kappa shape index (κ2) is 7.15. The number of rotatable bonds is 4. The number of esters is 1. The van der Waals surface area contributed by atoms with Gasteiger partial charge in [-0.25, -0.2) is 4.39 Å². The van der Waals surface area contributed by atoms with Gasteiger partial charge in [0.15, 0.2) is 0 Å². The third-order valence-corrected chi connectivity index (χ3v) is 5.53. The van der Waals surface area contributed by atoms with Crippen LogP contribution in [0.5, 0.6) is 5.75 Å². The lowest BCUT2D eigenvalue weighted by Crippen LogP contribution is -2.30. The van der Waals surface area contributed by atoms with Crippen molar-refractivity contribution in [2.75, 3.05) is 20.6 Å². The lowest BCUT2D eigenvalue weighted by Gasteiger charge is -2.33. The van der Waals surface area contributed by atoms with Crippen molar-refractivity contribution in [1.82, 2.24) is 4.90 Å². The van der Waals surface area contributed by atoms with Gasteiger partial charge in [-0.3, -0.25) is 4.79 Å². The average molecular weight is 359 g/mol. The Bertz CT molecular complexity index is 717. The molecule has 3 rings (SSSR count). The first-order valence-corrected chi connectivity index (χ1v) is 9.54. The van der Waals surface area contributed by atoms with E-state index in [1.165, 1.54) is 25.3 Å². The summed E-state index contributed by atoms with van der Waals surface area (Å²) in [7, 11) is 4.13. The third-order valence-electron chi connectivity index (χ3n) is 5.53. The Labute approximate surface area is 156 Å². The summed E-state index contributed by atoms with van der Waals surface area (Å²) in [5.41, 5.74) is 1.09. The molecule has 142 valence electrons. The molecule has 0 radical (unpaired) electrons. The highest BCUT2D eigenvalue weighted by molar-refractivity contribution is 5.78. The summed E-state index contributed by atoms with van der Waals surface area (Å²) in [6.45, 7) is 6.35. The van der Waals surface area contributed by atoms with Crippen molar-refractivity contribution in [3.63, 3.8) is 0 Å². The minimum absolute atomic E-state index is 0.239. The Morgan fingerprint density at radius 1 is 1.27 bits per heavy atom. The monoisotopic (exact) mass is 359 g/mol. The van der Waals surface area contributed by atoms with Crippen LogP contribution in [0.15, 0.2) is 24.3 Å². The number of allylic oxidation sites excluding steroid dienone is 1. The van der Waals surface area contributed by atoms with Gasteiger partial charge >= 0.3 is 5.97 Å². The Balaban J connectivity index is 1.94. The summed E-state index contributed by atoms with van der Waals surface area (Å²) in [5, 5.41) is 0. The Morgan fingerprint density at radius 2 is 2.00 bits per heavy atom. The molecule has 4 heteroatoms. The van der Waals surface area contributed by atoms with E-state index in [4.69, 9.17) is 4.74 Å². The molecule has 3 nitrogen and oxygen atoms in total. The number of fused-ring (bicyclic) bond motifs is 2. The fraction of sp³-hybridized carbons (Fsp3) is 0.591. The number of hydrogen-bond acceptors (Lipinski definition) is 3. The molecule has 0 amide bonds. The first kappa shape index (κ1) is 19.1. The number of hydrogen-bond donors (Lipinski definition) is 0. The minimum Gasteiger partial charge on any atom is -0.426 e. The second-order valence-corrected chi connectivity index (χ2v) is 9.11. The molecule has 1 saturated carbocycles. The Hall–Kier alpha value is -1.68. The average Bonchev–Trinajstić information content (AvgIpc) is 2.93. The molecule has 1 aromatic rings. The lowest BCUT2D eigenvalue weighted by atomic mass is 9.76. The molecule has 0 saturated heterocycles. The fourth-order valence-corrected chi connectivity index (χ4v) is 4.18. The van der Waals surface area contributed by atoms with Gasteiger partial charge in [0, 0.05) is 12.1 Å². The quantitative estimate of drug-likeness (QED) is 0.573. The van der Waals surface area contributed by atoms with Crippen LogP contribution in [0.3, 0.4) is 0 Å². The zero-order valence-electron chi connectivity index (χ0n) is 16.5. The van der Waals surface area contributed by atoms with E-state index < -0.39 is 5.41 Å². The lowest BCUT2D eigenvalue weighted by molar-refractivity contribution is -0.143. The van der Waals surface area contributed by atoms with Crippen molar-refractivity contribution in [3.05, 3.63) is 35.7 Å². The molecule has 1 fully saturated rings. The van der Waals surface area contributed by atoms with E-state index in [9.17, 15) is 9.18 Å². The molecule has 2 bridgehead atoms. The maximum atomic E-state index is 14.7. The third kappa shape index (κ3) is 4.01. The van der Waals surface area contributed by atoms with Gasteiger partial charge in [0.05, 0.1) is 5.41 Å². The predicted molar refractivity (Wildman–Crippen MR) is 102 cm³/mol. The standard InChI is InChI=1S/C22H30FNO2/c1-22(2,3)21(25)26-16-8-9-20(23)18(12-16)17-11-14-6-7-15(10-14)19(17)13-24(4)5/h8-9,11-12,14-15,19H,6-7,10,13H2,1-5H3/t14?,15?,19-/m0/s1. The van der Waals surface area contributed by atoms with Gasteiger partial charge in [-0.2, -0.15) is 0 Å². The first-order chi connectivity index (χ1) is 12.1. The minimum atomic E-state index is -0.592. The van der Waals surface area contributed by atoms with Crippen LogP contribution >= 0.6 is 0 Å². The van der Waals surface area contributed by atoms with E-state index in [0.29, 0.717) is 29.1 Å². The van der Waals surface area contributed by atoms with E-state index in [0.717, 1.165) is 12.1 Å². The topological polar surface area (TPSA) is 29.5 Å². The molecule has 2 unspecified atom stereocenters. The number of halogens is 1. The van der Waals surface area contributed by atoms with Crippen LogP contribution in [0.25, 0.3) is 5.57 Å². The fourth-order valence-electron chi connectivity index (χ4n) is 4.18. The van der Waals surface area contributed by atoms with Crippen LogP contribution in [0.4, 0.5) is 4.39 Å². The van der Waals surface area contributed by atoms with Gasteiger partial charge in [-0.15, -0.1) is 0 Å². The number of ether oxygens (including phenoxy) is 1. The molecule has 0 aromatic heterocycles. The Kier molecular flexibility index (Phi) is 5.25. The zero-order valence-corrected chi connectivity index (χ0v) is 16.5. The maximum absolute atomic E-state index is 14.7. The molecule has 2 aliphatic rings. The van der Waals surface area contributed by atoms with E-state index in [-0.39, 0.29) is 11.8 Å². The summed E-state index contributed by atoms with van der Waals surface area (Å²) >= 11 is 0. The number of carbonyl (C=O) groups is 1. The summed E-state index contributed by atoms with van der Waals surface area (Å²) in [6, 6.07) is 4.67. The second-order valence-electron chi connectivity index (χ2n) is 9.11. The first-order valence-electron chi connectivity index (χ1n) is 9.54. The van der Waals surface area contributed by atoms with Crippen LogP contribution in [0.1, 0.15) is 45.6 Å². The summed E-state index contributed by atoms with van der Waals surface area (Å²) in [4.78, 5) is 14.4. The molecule has 1 aromatic carbocycles. The van der Waals surface area contributed by atoms with Crippen LogP contribution in [0, 0.1) is 29.0 Å². The van der Waals surface area contributed by atoms with Crippen molar-refractivity contribution in [2.45, 2.75) is 40.0 Å². The molecule has 2 aliphatic carbocycles. The van der Waals surface area contributed by atoms with Crippen LogP contribution in [-0.2, 0) is 4.79 Å². The van der Waals surface area contributed by atoms with Crippen molar-refractivity contribution < 1.29 is 13.9 Å². The molecule has 26 heavy (non-hydrogen) atoms. The molecule has 0 aliphatic heterocycles. The van der Waals surface area contributed by atoms with Gasteiger partial charge in [-0.05, 0) is 95.7 Å². The summed E-state index contributed by atoms with van der Waals surface area (Å²) in [6.07, 6.45) is 5.88. The van der Waals surface area contributed by atoms with Gasteiger partial charge in [0.25, 0.3) is 0 Å². The molecular weight excluding hydrogens is 329 g/mol. The largest absolute Gasteiger partial charge is 0.426 e. The SMILES string of the molecule is CN(C)C[C@@H]1C(c2cc(OC(=O)C(C)(C)C)ccc2F)=CC2CCC1C2. The molecule has 3 atom stereocenters. The van der Waals surface area contributed by atoms with Gasteiger partial charge < -0.3 is 9.64 Å². The number of benzene rings is 1. The van der Waals surface area contributed by atoms with E-state index in [1.807, 2.05) is 20.8 Å². The highest BCUT2D eigenvalue weighted by atomic mass is 19.1. The normalized spacial score (nSPS) is 25.3. The Morgan fingerprint density at radius 3 is 2.65 bits per heavy atom. The molecule has 0 N–H and O–H groups in total. The van der Waals surface area contributed by atoms with Gasteiger partial charge in [-0.1, -0.05) is 6.08 Å². The van der Waals surface area contributed by atoms with E-state index >= 15 is 0 Å². The molecule has 0 heterocycles. The number of nitrogens with zero attached hydrogens (tertiary/aromatic N) is 1. The highest BCUT2D eigenvalue weighted by Crippen LogP contribution is 2.48. The zero-order chi connectivity index (χ0) is 19.1. The van der Waals surface area contributed by atoms with Crippen molar-refractivity contribution in [3.8, 4) is 5.75 Å². The van der Waals surface area contributed by atoms with Crippen LogP contribution < -0.4 is 4.74 Å². The predicted octanol–water partition coefficient (Wildman–Crippen LogP) is 4.77. The number of carbonyl (C=O) groups excluding carboxylic acids is 1. The van der Waals surface area contributed by atoms with E-state index in [2.05, 4.69) is 25.1 Å². The maximum Gasteiger partial charge on any atom is 0.316 e. The summed E-state index contributed by atoms with van der Waals surface area (Å²) in [5.74, 6) is 1.36. The van der Waals surface area contributed by atoms with Crippen molar-refractivity contribution >= 4 is 11.5 Å². The molecular formula is C22H30FNO2. The highest BCUT2D eigenvalue weighted by Gasteiger charge is 2.38. The molecule has 0 spiro atoms. The smallest absolute Gasteiger partial charge is 0.316 e. The van der Waals surface area contributed by atoms with Gasteiger partial charge in [0.1, 0.15) is 11.6 Å². The van der Waals surface area contributed by atoms with Crippen LogP contribution in [0.2, 0.25) is 0 Å².